The Bertz CT molecular complexity index is 445. The van der Waals surface area contributed by atoms with E-state index in [1.54, 1.807) is 24.5 Å². The fourth-order valence-electron chi connectivity index (χ4n) is 1.11. The summed E-state index contributed by atoms with van der Waals surface area (Å²) in [6.07, 6.45) is 3.34. The lowest BCUT2D eigenvalue weighted by Gasteiger charge is -2.05. The van der Waals surface area contributed by atoms with Crippen LogP contribution in [0.5, 0.6) is 5.75 Å². The molecule has 0 atom stereocenters. The highest BCUT2D eigenvalue weighted by Crippen LogP contribution is 2.22. The van der Waals surface area contributed by atoms with Gasteiger partial charge in [0, 0.05) is 16.2 Å². The molecule has 2 rings (SSSR count). The molecule has 1 heterocycles. The molecule has 1 N–H and O–H groups in total. The minimum absolute atomic E-state index is 0.227. The van der Waals surface area contributed by atoms with Crippen molar-refractivity contribution in [1.82, 2.24) is 10.2 Å². The van der Waals surface area contributed by atoms with Gasteiger partial charge in [-0.3, -0.25) is 5.10 Å². The van der Waals surface area contributed by atoms with Gasteiger partial charge in [0.25, 0.3) is 0 Å². The third-order valence-corrected chi connectivity index (χ3v) is 2.34. The molecule has 0 fully saturated rings. The second-order valence-electron chi connectivity index (χ2n) is 2.97. The Morgan fingerprint density at radius 1 is 1.47 bits per heavy atom. The molecule has 15 heavy (non-hydrogen) atoms. The molecule has 1 aromatic carbocycles. The number of hydrogen-bond donors (Lipinski definition) is 1. The van der Waals surface area contributed by atoms with Gasteiger partial charge in [0.1, 0.15) is 6.61 Å². The lowest BCUT2D eigenvalue weighted by Crippen LogP contribution is -1.96. The van der Waals surface area contributed by atoms with E-state index in [1.165, 1.54) is 6.07 Å². The van der Waals surface area contributed by atoms with Crippen molar-refractivity contribution in [3.63, 3.8) is 0 Å². The van der Waals surface area contributed by atoms with Crippen LogP contribution in [0.1, 0.15) is 5.56 Å². The Balaban J connectivity index is 2.07. The molecule has 0 aliphatic rings. The smallest absolute Gasteiger partial charge is 0.165 e. The summed E-state index contributed by atoms with van der Waals surface area (Å²) in [5, 5.41) is 6.43. The number of benzene rings is 1. The van der Waals surface area contributed by atoms with Crippen molar-refractivity contribution in [3.05, 3.63) is 46.4 Å². The second kappa shape index (κ2) is 4.44. The monoisotopic (exact) mass is 270 g/mol. The van der Waals surface area contributed by atoms with Crippen molar-refractivity contribution in [2.75, 3.05) is 0 Å². The highest BCUT2D eigenvalue weighted by molar-refractivity contribution is 9.10. The van der Waals surface area contributed by atoms with Crippen molar-refractivity contribution in [2.24, 2.45) is 0 Å². The topological polar surface area (TPSA) is 37.9 Å². The van der Waals surface area contributed by atoms with E-state index in [9.17, 15) is 4.39 Å². The Kier molecular flexibility index (Phi) is 3.01. The molecule has 0 aliphatic carbocycles. The summed E-state index contributed by atoms with van der Waals surface area (Å²) in [6.45, 7) is 0.296. The number of nitrogens with one attached hydrogen (secondary N) is 1. The van der Waals surface area contributed by atoms with Crippen LogP contribution in [0.2, 0.25) is 0 Å². The van der Waals surface area contributed by atoms with E-state index in [0.717, 1.165) is 10.0 Å². The molecule has 0 saturated heterocycles. The first-order valence-electron chi connectivity index (χ1n) is 4.31. The molecule has 0 saturated carbocycles. The summed E-state index contributed by atoms with van der Waals surface area (Å²) in [5.41, 5.74) is 0.870. The Morgan fingerprint density at radius 3 is 3.07 bits per heavy atom. The molecule has 0 amide bonds. The first-order valence-corrected chi connectivity index (χ1v) is 5.10. The Labute approximate surface area is 94.4 Å². The second-order valence-corrected chi connectivity index (χ2v) is 3.89. The molecule has 3 nitrogen and oxygen atoms in total. The van der Waals surface area contributed by atoms with Gasteiger partial charge in [-0.1, -0.05) is 15.9 Å². The van der Waals surface area contributed by atoms with Crippen LogP contribution in [0.3, 0.4) is 0 Å². The third-order valence-electron chi connectivity index (χ3n) is 1.84. The Hall–Kier alpha value is -1.36. The molecule has 0 bridgehead atoms. The molecule has 1 aromatic heterocycles. The number of hydrogen-bond acceptors (Lipinski definition) is 2. The molecule has 2 aromatic rings. The lowest BCUT2D eigenvalue weighted by molar-refractivity contribution is 0.290. The van der Waals surface area contributed by atoms with Gasteiger partial charge in [0.2, 0.25) is 0 Å². The van der Waals surface area contributed by atoms with Crippen LogP contribution >= 0.6 is 15.9 Å². The SMILES string of the molecule is Fc1ccc(Br)cc1OCc1cn[nH]c1. The zero-order chi connectivity index (χ0) is 10.7. The Morgan fingerprint density at radius 2 is 2.33 bits per heavy atom. The van der Waals surface area contributed by atoms with Crippen LogP contribution in [0.15, 0.2) is 35.1 Å². The first kappa shape index (κ1) is 10.2. The number of rotatable bonds is 3. The summed E-state index contributed by atoms with van der Waals surface area (Å²) in [6, 6.07) is 4.57. The van der Waals surface area contributed by atoms with E-state index < -0.39 is 0 Å². The quantitative estimate of drug-likeness (QED) is 0.932. The van der Waals surface area contributed by atoms with Crippen LogP contribution in [-0.2, 0) is 6.61 Å². The molecule has 0 spiro atoms. The van der Waals surface area contributed by atoms with E-state index in [2.05, 4.69) is 26.1 Å². The van der Waals surface area contributed by atoms with Crippen molar-refractivity contribution in [3.8, 4) is 5.75 Å². The maximum absolute atomic E-state index is 13.2. The molecule has 0 aliphatic heterocycles. The highest BCUT2D eigenvalue weighted by Gasteiger charge is 2.04. The zero-order valence-electron chi connectivity index (χ0n) is 7.71. The van der Waals surface area contributed by atoms with Gasteiger partial charge in [-0.2, -0.15) is 5.10 Å². The van der Waals surface area contributed by atoms with E-state index >= 15 is 0 Å². The van der Waals surface area contributed by atoms with E-state index in [4.69, 9.17) is 4.74 Å². The zero-order valence-corrected chi connectivity index (χ0v) is 9.29. The summed E-state index contributed by atoms with van der Waals surface area (Å²) in [4.78, 5) is 0. The molecule has 78 valence electrons. The van der Waals surface area contributed by atoms with Crippen LogP contribution in [0.25, 0.3) is 0 Å². The maximum Gasteiger partial charge on any atom is 0.165 e. The van der Waals surface area contributed by atoms with Gasteiger partial charge in [0.15, 0.2) is 11.6 Å². The van der Waals surface area contributed by atoms with Crippen molar-refractivity contribution >= 4 is 15.9 Å². The molecule has 0 radical (unpaired) electrons. The average Bonchev–Trinajstić information content (AvgIpc) is 2.72. The van der Waals surface area contributed by atoms with E-state index in [0.29, 0.717) is 6.61 Å². The molecular weight excluding hydrogens is 263 g/mol. The summed E-state index contributed by atoms with van der Waals surface area (Å²) >= 11 is 3.25. The molecule has 0 unspecified atom stereocenters. The van der Waals surface area contributed by atoms with Crippen LogP contribution in [0.4, 0.5) is 4.39 Å². The van der Waals surface area contributed by atoms with Gasteiger partial charge in [-0.05, 0) is 18.2 Å². The first-order chi connectivity index (χ1) is 7.25. The summed E-state index contributed by atoms with van der Waals surface area (Å²) in [7, 11) is 0. The van der Waals surface area contributed by atoms with Crippen LogP contribution in [-0.4, -0.2) is 10.2 Å². The fraction of sp³-hybridized carbons (Fsp3) is 0.100. The number of ether oxygens (including phenoxy) is 1. The van der Waals surface area contributed by atoms with E-state index in [-0.39, 0.29) is 11.6 Å². The van der Waals surface area contributed by atoms with Gasteiger partial charge < -0.3 is 4.74 Å². The largest absolute Gasteiger partial charge is 0.486 e. The molecule has 5 heteroatoms. The van der Waals surface area contributed by atoms with E-state index in [1.807, 2.05) is 0 Å². The predicted octanol–water partition coefficient (Wildman–Crippen LogP) is 2.89. The summed E-state index contributed by atoms with van der Waals surface area (Å²) < 4.78 is 19.3. The number of H-pyrrole nitrogens is 1. The predicted molar refractivity (Wildman–Crippen MR) is 57.0 cm³/mol. The lowest BCUT2D eigenvalue weighted by atomic mass is 10.3. The van der Waals surface area contributed by atoms with Gasteiger partial charge in [-0.15, -0.1) is 0 Å². The minimum atomic E-state index is -0.373. The normalized spacial score (nSPS) is 10.3. The standard InChI is InChI=1S/C10H8BrFN2O/c11-8-1-2-9(12)10(3-8)15-6-7-4-13-14-5-7/h1-5H,6H2,(H,13,14). The van der Waals surface area contributed by atoms with Gasteiger partial charge in [0.05, 0.1) is 6.20 Å². The molecular formula is C10H8BrFN2O. The van der Waals surface area contributed by atoms with Gasteiger partial charge >= 0.3 is 0 Å². The minimum Gasteiger partial charge on any atom is -0.486 e. The highest BCUT2D eigenvalue weighted by atomic mass is 79.9. The average molecular weight is 271 g/mol. The number of nitrogens with zero attached hydrogens (tertiary/aromatic N) is 1. The number of aromatic nitrogens is 2. The van der Waals surface area contributed by atoms with Crippen molar-refractivity contribution < 1.29 is 9.13 Å². The van der Waals surface area contributed by atoms with Crippen molar-refractivity contribution in [1.29, 1.82) is 0 Å². The van der Waals surface area contributed by atoms with Crippen LogP contribution in [0, 0.1) is 5.82 Å². The fourth-order valence-corrected chi connectivity index (χ4v) is 1.45. The summed E-state index contributed by atoms with van der Waals surface area (Å²) in [5.74, 6) is -0.146. The third kappa shape index (κ3) is 2.56. The van der Waals surface area contributed by atoms with Crippen molar-refractivity contribution in [2.45, 2.75) is 6.61 Å². The maximum atomic E-state index is 13.2. The number of halogens is 2. The van der Waals surface area contributed by atoms with Crippen LogP contribution < -0.4 is 4.74 Å². The number of aromatic amines is 1. The van der Waals surface area contributed by atoms with Gasteiger partial charge in [-0.25, -0.2) is 4.39 Å².